The Morgan fingerprint density at radius 2 is 0.914 bits per heavy atom. The number of rotatable bonds is 26. The van der Waals surface area contributed by atoms with Crippen molar-refractivity contribution in [2.45, 2.75) is 89.1 Å². The number of fused-ring (bicyclic) bond motifs is 2. The molecule has 22 nitrogen and oxygen atoms in total. The second-order valence-corrected chi connectivity index (χ2v) is 22.5. The van der Waals surface area contributed by atoms with Gasteiger partial charge < -0.3 is 48.9 Å². The maximum atomic E-state index is 12.7. The van der Waals surface area contributed by atoms with E-state index in [2.05, 4.69) is 41.9 Å². The van der Waals surface area contributed by atoms with Gasteiger partial charge >= 0.3 is 5.97 Å². The van der Waals surface area contributed by atoms with E-state index < -0.39 is 29.9 Å². The summed E-state index contributed by atoms with van der Waals surface area (Å²) in [7, 11) is 0. The summed E-state index contributed by atoms with van der Waals surface area (Å²) in [6.07, 6.45) is 8.88. The van der Waals surface area contributed by atoms with Crippen molar-refractivity contribution in [2.75, 3.05) is 43.4 Å². The lowest BCUT2D eigenvalue weighted by atomic mass is 9.93. The Morgan fingerprint density at radius 3 is 1.32 bits per heavy atom. The molecule has 480 valence electrons. The number of para-hydroxylation sites is 2. The van der Waals surface area contributed by atoms with Crippen molar-refractivity contribution in [1.29, 1.82) is 0 Å². The second-order valence-electron chi connectivity index (χ2n) is 22.5. The van der Waals surface area contributed by atoms with Crippen molar-refractivity contribution >= 4 is 103 Å². The van der Waals surface area contributed by atoms with E-state index in [4.69, 9.17) is 22.3 Å². The first-order valence-electron chi connectivity index (χ1n) is 30.8. The number of primary amides is 2. The Morgan fingerprint density at radius 1 is 0.495 bits per heavy atom. The number of carboxylic acids is 1. The molecule has 13 N–H and O–H groups in total. The van der Waals surface area contributed by atoms with Gasteiger partial charge in [-0.3, -0.25) is 63.2 Å². The van der Waals surface area contributed by atoms with Crippen LogP contribution in [-0.4, -0.2) is 118 Å². The average Bonchev–Trinajstić information content (AvgIpc) is 0.796. The molecule has 2 heterocycles. The molecule has 0 saturated heterocycles. The van der Waals surface area contributed by atoms with E-state index in [1.165, 1.54) is 12.4 Å². The van der Waals surface area contributed by atoms with Gasteiger partial charge in [0.15, 0.2) is 11.6 Å². The summed E-state index contributed by atoms with van der Waals surface area (Å²) in [4.78, 5) is 126. The van der Waals surface area contributed by atoms with Crippen LogP contribution in [0.2, 0.25) is 0 Å². The largest absolute Gasteiger partial charge is 0.480 e. The zero-order valence-electron chi connectivity index (χ0n) is 51.3. The highest BCUT2D eigenvalue weighted by Gasteiger charge is 2.28. The fraction of sp³-hybridized carbons (Fsp3) is 0.268. The predicted octanol–water partition coefficient (Wildman–Crippen LogP) is 8.45. The minimum atomic E-state index is -0.996. The van der Waals surface area contributed by atoms with E-state index in [9.17, 15) is 47.9 Å². The molecule has 2 unspecified atom stereocenters. The van der Waals surface area contributed by atoms with Crippen LogP contribution in [0.25, 0.3) is 44.1 Å². The Kier molecular flexibility index (Phi) is 24.9. The number of amides is 4. The highest BCUT2D eigenvalue weighted by Crippen LogP contribution is 2.35. The summed E-state index contributed by atoms with van der Waals surface area (Å²) in [5, 5.41) is 27.9. The number of nitrogens with zero attached hydrogens (tertiary/aromatic N) is 2. The van der Waals surface area contributed by atoms with Crippen LogP contribution in [0.4, 0.5) is 22.7 Å². The molecule has 2 aromatic heterocycles. The molecule has 93 heavy (non-hydrogen) atoms. The smallest absolute Gasteiger partial charge is 0.317 e. The number of hydrogen-bond donors (Lipinski definition) is 10. The van der Waals surface area contributed by atoms with Crippen molar-refractivity contribution in [3.63, 3.8) is 0 Å². The minimum Gasteiger partial charge on any atom is -0.480 e. The van der Waals surface area contributed by atoms with E-state index in [-0.39, 0.29) is 72.2 Å². The van der Waals surface area contributed by atoms with Crippen LogP contribution in [0.1, 0.15) is 118 Å². The standard InChI is InChI=1S/C36H37N5O5.C27H27N5O2.C8H11NO4/c37-35(45)30-22-40-31-16-14-25(19-29(31)34(30)41-26-7-3-1-4-8-26)23-10-12-24(13-11-23)36(46)38-18-6-2-5-9-28(43)21-39-32-17-15-27(42)20-33(32)44;28-14-4-5-15-30-27(34)19-10-8-18(9-11-19)20-12-13-24-22(16-20)25(23(17-31-24)26(29)33)32-21-6-2-1-3-7-21;10-5-1-2-6(7(11)3-5)9-4-8(12)13/h1,3-4,7-8,10-14,16,19,22,32,39H,2,5-6,9,15,17-18,20-21H2,(H2,37,45)(H,38,46)(H,40,41);1-3,6-13,16-17H,4-5,14-15,28H2,(H2,29,33)(H,30,34)(H,31,32);6,9H,1-4H2,(H,12,13). The fourth-order valence-corrected chi connectivity index (χ4v) is 10.6. The molecule has 6 aromatic carbocycles. The lowest BCUT2D eigenvalue weighted by Gasteiger charge is -2.20. The molecule has 2 aliphatic carbocycles. The van der Waals surface area contributed by atoms with Gasteiger partial charge in [-0.2, -0.15) is 0 Å². The number of Topliss-reactive ketones (excluding diaryl/α,β-unsaturated/α-hetero) is 5. The van der Waals surface area contributed by atoms with Gasteiger partial charge in [0, 0.05) is 78.0 Å². The van der Waals surface area contributed by atoms with Crippen LogP contribution in [-0.2, 0) is 28.8 Å². The normalized spacial score (nSPS) is 14.4. The van der Waals surface area contributed by atoms with Crippen molar-refractivity contribution in [1.82, 2.24) is 31.2 Å². The zero-order valence-corrected chi connectivity index (χ0v) is 51.3. The topological polar surface area (TPSA) is 367 Å². The average molecular weight is 1260 g/mol. The number of ketones is 5. The maximum Gasteiger partial charge on any atom is 0.317 e. The van der Waals surface area contributed by atoms with Crippen LogP contribution in [0.5, 0.6) is 0 Å². The van der Waals surface area contributed by atoms with Crippen LogP contribution >= 0.6 is 0 Å². The highest BCUT2D eigenvalue weighted by molar-refractivity contribution is 6.10. The number of carbonyl (C=O) groups is 10. The van der Waals surface area contributed by atoms with Gasteiger partial charge in [-0.15, -0.1) is 0 Å². The Hall–Kier alpha value is -10.7. The summed E-state index contributed by atoms with van der Waals surface area (Å²) in [5.74, 6) is -2.80. The number of anilines is 4. The molecule has 2 aliphatic rings. The number of benzene rings is 6. The molecule has 2 fully saturated rings. The number of nitrogens with two attached hydrogens (primary N) is 3. The third kappa shape index (κ3) is 19.9. The molecule has 10 rings (SSSR count). The Balaban J connectivity index is 0.000000206. The number of pyridine rings is 2. The number of hydrogen-bond acceptors (Lipinski definition) is 17. The summed E-state index contributed by atoms with van der Waals surface area (Å²) in [5.41, 5.74) is 26.5. The van der Waals surface area contributed by atoms with Crippen molar-refractivity contribution in [2.24, 2.45) is 17.2 Å². The maximum absolute atomic E-state index is 12.7. The minimum absolute atomic E-state index is 0.0356. The molecular weight excluding hydrogens is 1180 g/mol. The molecule has 0 aliphatic heterocycles. The van der Waals surface area contributed by atoms with Crippen LogP contribution in [0.3, 0.4) is 0 Å². The molecule has 2 atom stereocenters. The van der Waals surface area contributed by atoms with Gasteiger partial charge in [0.1, 0.15) is 17.3 Å². The highest BCUT2D eigenvalue weighted by atomic mass is 16.4. The van der Waals surface area contributed by atoms with E-state index in [1.807, 2.05) is 121 Å². The second kappa shape index (κ2) is 33.9. The lowest BCUT2D eigenvalue weighted by molar-refractivity contribution is -0.137. The third-order valence-corrected chi connectivity index (χ3v) is 15.6. The van der Waals surface area contributed by atoms with Gasteiger partial charge in [0.05, 0.1) is 71.5 Å². The van der Waals surface area contributed by atoms with Crippen molar-refractivity contribution in [3.05, 3.63) is 180 Å². The van der Waals surface area contributed by atoms with Gasteiger partial charge in [-0.1, -0.05) is 79.2 Å². The third-order valence-electron chi connectivity index (χ3n) is 15.6. The van der Waals surface area contributed by atoms with Crippen molar-refractivity contribution in [3.8, 4) is 22.3 Å². The first-order chi connectivity index (χ1) is 44.9. The predicted molar refractivity (Wildman–Crippen MR) is 356 cm³/mol. The van der Waals surface area contributed by atoms with E-state index in [0.29, 0.717) is 91.7 Å². The SMILES string of the molecule is NC(=O)c1cnc2ccc(-c3ccc(C(=O)NCCCCCC(=O)CNC4CCC(=O)CC4=O)cc3)cc2c1Nc1ccccc1.NCCCCNC(=O)c1ccc(-c2ccc3ncc(C(N)=O)c(Nc4ccccc4)c3c2)cc1.O=C(O)CNC1CCC(=O)CC1=O. The molecule has 8 aromatic rings. The first kappa shape index (κ1) is 68.2. The number of carbonyl (C=O) groups excluding carboxylic acids is 9. The zero-order chi connectivity index (χ0) is 66.2. The number of aliphatic carboxylic acids is 1. The van der Waals surface area contributed by atoms with E-state index in [1.54, 1.807) is 24.3 Å². The van der Waals surface area contributed by atoms with Crippen LogP contribution < -0.4 is 49.1 Å². The number of nitrogens with one attached hydrogen (secondary N) is 6. The monoisotopic (exact) mass is 1260 g/mol. The molecular formula is C71H75N11O11. The first-order valence-corrected chi connectivity index (χ1v) is 30.8. The molecule has 22 heteroatoms. The molecule has 0 bridgehead atoms. The van der Waals surface area contributed by atoms with Crippen LogP contribution in [0, 0.1) is 0 Å². The Bertz CT molecular complexity index is 4020. The summed E-state index contributed by atoms with van der Waals surface area (Å²) < 4.78 is 0. The Labute approximate surface area is 537 Å². The molecule has 0 spiro atoms. The number of aromatic nitrogens is 2. The van der Waals surface area contributed by atoms with E-state index >= 15 is 0 Å². The van der Waals surface area contributed by atoms with Gasteiger partial charge in [-0.05, 0) is 140 Å². The van der Waals surface area contributed by atoms with E-state index in [0.717, 1.165) is 75.6 Å². The molecule has 2 saturated carbocycles. The molecule has 4 amide bonds. The number of unbranched alkanes of at least 4 members (excludes halogenated alkanes) is 3. The summed E-state index contributed by atoms with van der Waals surface area (Å²) in [6, 6.07) is 44.6. The van der Waals surface area contributed by atoms with Gasteiger partial charge in [0.25, 0.3) is 23.6 Å². The molecule has 0 radical (unpaired) electrons. The summed E-state index contributed by atoms with van der Waals surface area (Å²) >= 11 is 0. The summed E-state index contributed by atoms with van der Waals surface area (Å²) in [6.45, 7) is 1.62. The fourth-order valence-electron chi connectivity index (χ4n) is 10.6. The van der Waals surface area contributed by atoms with Gasteiger partial charge in [-0.25, -0.2) is 0 Å². The van der Waals surface area contributed by atoms with Crippen molar-refractivity contribution < 1.29 is 53.1 Å². The lowest BCUT2D eigenvalue weighted by Crippen LogP contribution is -2.43. The number of carboxylic acid groups (broad SMARTS) is 1. The quantitative estimate of drug-likeness (QED) is 0.0179. The van der Waals surface area contributed by atoms with Gasteiger partial charge in [0.2, 0.25) is 0 Å². The van der Waals surface area contributed by atoms with Crippen LogP contribution in [0.15, 0.2) is 158 Å².